The van der Waals surface area contributed by atoms with Gasteiger partial charge in [0.1, 0.15) is 13.2 Å². The smallest absolute Gasteiger partial charge is 0.417 e. The molecule has 1 aliphatic heterocycles. The van der Waals surface area contributed by atoms with E-state index in [9.17, 15) is 23.2 Å². The van der Waals surface area contributed by atoms with Crippen LogP contribution < -0.4 is 9.47 Å². The van der Waals surface area contributed by atoms with Gasteiger partial charge in [0.2, 0.25) is 0 Å². The van der Waals surface area contributed by atoms with Crippen LogP contribution in [0.5, 0.6) is 11.5 Å². The second-order valence-corrected chi connectivity index (χ2v) is 5.67. The van der Waals surface area contributed by atoms with Gasteiger partial charge in [-0.2, -0.15) is 18.4 Å². The standard InChI is InChI=1S/C19H13F3N2O3/c20-19(21,22)13-3-4-15(24-11-13)14(10-23)16(25)5-1-12-2-6-17-18(9-12)27-8-7-26-17/h1-6,9,11,14H,7-8H2/b5-1+. The molecule has 0 spiro atoms. The van der Waals surface area contributed by atoms with Gasteiger partial charge in [-0.1, -0.05) is 12.1 Å². The summed E-state index contributed by atoms with van der Waals surface area (Å²) in [6.07, 6.45) is -1.24. The first kappa shape index (κ1) is 18.5. The van der Waals surface area contributed by atoms with Gasteiger partial charge >= 0.3 is 6.18 Å². The highest BCUT2D eigenvalue weighted by Gasteiger charge is 2.31. The molecule has 1 atom stereocenters. The van der Waals surface area contributed by atoms with E-state index in [1.807, 2.05) is 0 Å². The summed E-state index contributed by atoms with van der Waals surface area (Å²) in [6.45, 7) is 0.889. The number of hydrogen-bond acceptors (Lipinski definition) is 5. The van der Waals surface area contributed by atoms with Crippen LogP contribution in [0, 0.1) is 11.3 Å². The van der Waals surface area contributed by atoms with Gasteiger partial charge in [0, 0.05) is 6.20 Å². The quantitative estimate of drug-likeness (QED) is 0.762. The zero-order valence-electron chi connectivity index (χ0n) is 13.9. The van der Waals surface area contributed by atoms with Crippen molar-refractivity contribution in [1.82, 2.24) is 4.98 Å². The van der Waals surface area contributed by atoms with Gasteiger partial charge < -0.3 is 9.47 Å². The Morgan fingerprint density at radius 3 is 2.56 bits per heavy atom. The number of nitrogens with zero attached hydrogens (tertiary/aromatic N) is 2. The number of alkyl halides is 3. The molecule has 0 saturated carbocycles. The summed E-state index contributed by atoms with van der Waals surface area (Å²) < 4.78 is 48.6. The second kappa shape index (κ2) is 7.50. The van der Waals surface area contributed by atoms with Gasteiger partial charge in [-0.15, -0.1) is 0 Å². The molecule has 0 radical (unpaired) electrons. The number of aromatic nitrogens is 1. The highest BCUT2D eigenvalue weighted by atomic mass is 19.4. The Morgan fingerprint density at radius 1 is 1.19 bits per heavy atom. The highest BCUT2D eigenvalue weighted by Crippen LogP contribution is 2.31. The van der Waals surface area contributed by atoms with Gasteiger partial charge in [0.05, 0.1) is 17.3 Å². The maximum absolute atomic E-state index is 12.6. The molecule has 0 saturated heterocycles. The van der Waals surface area contributed by atoms with Gasteiger partial charge in [0.25, 0.3) is 0 Å². The molecule has 0 N–H and O–H groups in total. The number of ether oxygens (including phenoxy) is 2. The van der Waals surface area contributed by atoms with Gasteiger partial charge in [-0.05, 0) is 35.9 Å². The molecule has 3 rings (SSSR count). The van der Waals surface area contributed by atoms with Crippen LogP contribution in [0.2, 0.25) is 0 Å². The predicted molar refractivity (Wildman–Crippen MR) is 89.1 cm³/mol. The number of halogens is 3. The Kier molecular flexibility index (Phi) is 5.12. The maximum atomic E-state index is 12.6. The lowest BCUT2D eigenvalue weighted by Crippen LogP contribution is -2.15. The molecule has 1 unspecified atom stereocenters. The van der Waals surface area contributed by atoms with Crippen molar-refractivity contribution in [1.29, 1.82) is 5.26 Å². The molecule has 2 aromatic rings. The first-order chi connectivity index (χ1) is 12.9. The van der Waals surface area contributed by atoms with Gasteiger partial charge in [0.15, 0.2) is 23.2 Å². The number of pyridine rings is 1. The van der Waals surface area contributed by atoms with Crippen molar-refractivity contribution in [2.45, 2.75) is 12.1 Å². The Bertz CT molecular complexity index is 915. The maximum Gasteiger partial charge on any atom is 0.417 e. The second-order valence-electron chi connectivity index (χ2n) is 5.67. The van der Waals surface area contributed by atoms with Crippen LogP contribution in [0.25, 0.3) is 6.08 Å². The molecule has 2 heterocycles. The molecule has 138 valence electrons. The van der Waals surface area contributed by atoms with Crippen molar-refractivity contribution in [3.05, 3.63) is 59.4 Å². The van der Waals surface area contributed by atoms with Crippen LogP contribution in [-0.2, 0) is 11.0 Å². The fraction of sp³-hybridized carbons (Fsp3) is 0.211. The third-order valence-corrected chi connectivity index (χ3v) is 3.83. The van der Waals surface area contributed by atoms with E-state index in [-0.39, 0.29) is 5.69 Å². The molecule has 0 aliphatic carbocycles. The van der Waals surface area contributed by atoms with E-state index < -0.39 is 23.4 Å². The first-order valence-corrected chi connectivity index (χ1v) is 7.93. The van der Waals surface area contributed by atoms with E-state index in [1.165, 1.54) is 12.2 Å². The molecule has 1 aromatic carbocycles. The zero-order valence-corrected chi connectivity index (χ0v) is 13.9. The Balaban J connectivity index is 1.75. The average molecular weight is 374 g/mol. The summed E-state index contributed by atoms with van der Waals surface area (Å²) in [6, 6.07) is 8.72. The molecular formula is C19H13F3N2O3. The molecule has 1 aromatic heterocycles. The molecule has 1 aliphatic rings. The molecule has 0 fully saturated rings. The normalized spacial score (nSPS) is 14.6. The number of fused-ring (bicyclic) bond motifs is 1. The number of hydrogen-bond donors (Lipinski definition) is 0. The van der Waals surface area contributed by atoms with E-state index in [0.717, 1.165) is 12.1 Å². The lowest BCUT2D eigenvalue weighted by atomic mass is 9.99. The summed E-state index contributed by atoms with van der Waals surface area (Å²) in [4.78, 5) is 15.9. The number of nitriles is 1. The molecule has 8 heteroatoms. The monoisotopic (exact) mass is 374 g/mol. The molecular weight excluding hydrogens is 361 g/mol. The van der Waals surface area contributed by atoms with Crippen LogP contribution in [0.15, 0.2) is 42.6 Å². The first-order valence-electron chi connectivity index (χ1n) is 7.93. The summed E-state index contributed by atoms with van der Waals surface area (Å²) in [7, 11) is 0. The van der Waals surface area contributed by atoms with Crippen molar-refractivity contribution in [2.24, 2.45) is 0 Å². The van der Waals surface area contributed by atoms with E-state index in [4.69, 9.17) is 9.47 Å². The minimum absolute atomic E-state index is 0.0395. The lowest BCUT2D eigenvalue weighted by molar-refractivity contribution is -0.137. The summed E-state index contributed by atoms with van der Waals surface area (Å²) in [5.41, 5.74) is -0.325. The van der Waals surface area contributed by atoms with E-state index in [0.29, 0.717) is 36.5 Å². The van der Waals surface area contributed by atoms with E-state index >= 15 is 0 Å². The zero-order chi connectivity index (χ0) is 19.4. The number of carbonyl (C=O) groups excluding carboxylic acids is 1. The summed E-state index contributed by atoms with van der Waals surface area (Å²) in [5.74, 6) is -0.717. The van der Waals surface area contributed by atoms with E-state index in [2.05, 4.69) is 4.98 Å². The van der Waals surface area contributed by atoms with Crippen LogP contribution in [0.1, 0.15) is 22.7 Å². The van der Waals surface area contributed by atoms with Crippen LogP contribution in [-0.4, -0.2) is 24.0 Å². The number of allylic oxidation sites excluding steroid dienone is 1. The highest BCUT2D eigenvalue weighted by molar-refractivity contribution is 6.00. The molecule has 0 amide bonds. The molecule has 0 bridgehead atoms. The SMILES string of the molecule is N#CC(C(=O)/C=C/c1ccc2c(c1)OCCO2)c1ccc(C(F)(F)F)cn1. The fourth-order valence-corrected chi connectivity index (χ4v) is 2.46. The summed E-state index contributed by atoms with van der Waals surface area (Å²) in [5, 5.41) is 9.23. The Labute approximate surface area is 152 Å². The third-order valence-electron chi connectivity index (χ3n) is 3.83. The van der Waals surface area contributed by atoms with Gasteiger partial charge in [-0.3, -0.25) is 9.78 Å². The van der Waals surface area contributed by atoms with Crippen molar-refractivity contribution in [3.8, 4) is 17.6 Å². The molecule has 27 heavy (non-hydrogen) atoms. The van der Waals surface area contributed by atoms with Crippen molar-refractivity contribution in [3.63, 3.8) is 0 Å². The van der Waals surface area contributed by atoms with Gasteiger partial charge in [-0.25, -0.2) is 0 Å². The van der Waals surface area contributed by atoms with Crippen LogP contribution >= 0.6 is 0 Å². The molecule has 5 nitrogen and oxygen atoms in total. The number of carbonyl (C=O) groups is 1. The van der Waals surface area contributed by atoms with Crippen LogP contribution in [0.4, 0.5) is 13.2 Å². The minimum atomic E-state index is -4.53. The average Bonchev–Trinajstić information content (AvgIpc) is 2.66. The lowest BCUT2D eigenvalue weighted by Gasteiger charge is -2.18. The van der Waals surface area contributed by atoms with Crippen molar-refractivity contribution >= 4 is 11.9 Å². The van der Waals surface area contributed by atoms with Crippen LogP contribution in [0.3, 0.4) is 0 Å². The number of benzene rings is 1. The number of rotatable bonds is 4. The number of ketones is 1. The fourth-order valence-electron chi connectivity index (χ4n) is 2.46. The Morgan fingerprint density at radius 2 is 1.93 bits per heavy atom. The Hall–Kier alpha value is -3.34. The van der Waals surface area contributed by atoms with Crippen molar-refractivity contribution < 1.29 is 27.4 Å². The van der Waals surface area contributed by atoms with E-state index in [1.54, 1.807) is 24.3 Å². The largest absolute Gasteiger partial charge is 0.486 e. The van der Waals surface area contributed by atoms with Crippen molar-refractivity contribution in [2.75, 3.05) is 13.2 Å². The predicted octanol–water partition coefficient (Wildman–Crippen LogP) is 3.76. The third kappa shape index (κ3) is 4.26. The summed E-state index contributed by atoms with van der Waals surface area (Å²) >= 11 is 0. The topological polar surface area (TPSA) is 72.2 Å². The minimum Gasteiger partial charge on any atom is -0.486 e.